The Bertz CT molecular complexity index is 802. The van der Waals surface area contributed by atoms with Gasteiger partial charge in [0.05, 0.1) is 12.3 Å². The monoisotopic (exact) mass is 338 g/mol. The molecule has 0 atom stereocenters. The van der Waals surface area contributed by atoms with Crippen molar-refractivity contribution >= 4 is 17.5 Å². The van der Waals surface area contributed by atoms with Crippen LogP contribution in [0.25, 0.3) is 11.4 Å². The molecule has 0 fully saturated rings. The normalized spacial score (nSPS) is 10.7. The molecule has 0 amide bonds. The maximum atomic E-state index is 11.6. The molecule has 6 heteroatoms. The van der Waals surface area contributed by atoms with Gasteiger partial charge in [0.2, 0.25) is 0 Å². The quantitative estimate of drug-likeness (QED) is 0.617. The predicted octanol–water partition coefficient (Wildman–Crippen LogP) is 3.46. The number of carbonyl (C=O) groups excluding carboxylic acids is 1. The maximum absolute atomic E-state index is 11.6. The molecule has 0 radical (unpaired) electrons. The van der Waals surface area contributed by atoms with Crippen molar-refractivity contribution in [1.29, 1.82) is 0 Å². The molecule has 0 bridgehead atoms. The van der Waals surface area contributed by atoms with Crippen molar-refractivity contribution in [2.24, 2.45) is 0 Å². The average Bonchev–Trinajstić information content (AvgIpc) is 3.04. The molecule has 0 aliphatic heterocycles. The molecule has 2 heterocycles. The number of aromatic nitrogens is 4. The van der Waals surface area contributed by atoms with Gasteiger partial charge in [0, 0.05) is 24.4 Å². The highest BCUT2D eigenvalue weighted by molar-refractivity contribution is 7.99. The number of rotatable bonds is 7. The third kappa shape index (κ3) is 3.89. The van der Waals surface area contributed by atoms with Crippen LogP contribution in [0, 0.1) is 0 Å². The molecule has 0 unspecified atom stereocenters. The highest BCUT2D eigenvalue weighted by Crippen LogP contribution is 2.24. The van der Waals surface area contributed by atoms with Crippen LogP contribution in [0.5, 0.6) is 0 Å². The van der Waals surface area contributed by atoms with E-state index in [1.807, 2.05) is 41.8 Å². The zero-order valence-corrected chi connectivity index (χ0v) is 14.2. The molecule has 0 spiro atoms. The van der Waals surface area contributed by atoms with Crippen LogP contribution in [0.4, 0.5) is 0 Å². The first kappa shape index (κ1) is 16.4. The van der Waals surface area contributed by atoms with E-state index < -0.39 is 0 Å². The van der Waals surface area contributed by atoms with Gasteiger partial charge >= 0.3 is 0 Å². The van der Waals surface area contributed by atoms with Crippen LogP contribution in [-0.2, 0) is 11.3 Å². The summed E-state index contributed by atoms with van der Waals surface area (Å²) in [5, 5.41) is 9.37. The van der Waals surface area contributed by atoms with Crippen LogP contribution in [0.3, 0.4) is 0 Å². The van der Waals surface area contributed by atoms with Gasteiger partial charge < -0.3 is 0 Å². The van der Waals surface area contributed by atoms with E-state index in [1.54, 1.807) is 12.4 Å². The standard InChI is InChI=1S/C18H18N4OS/c1-2-16(23)13-24-18-21-20-17(15-9-6-10-19-11-15)22(18)12-14-7-4-3-5-8-14/h3-11H,2,12-13H2,1H3. The summed E-state index contributed by atoms with van der Waals surface area (Å²) in [5.74, 6) is 1.38. The van der Waals surface area contributed by atoms with Gasteiger partial charge in [-0.25, -0.2) is 0 Å². The number of Topliss-reactive ketones (excluding diaryl/α,β-unsaturated/α-hetero) is 1. The molecule has 122 valence electrons. The summed E-state index contributed by atoms with van der Waals surface area (Å²) in [6.45, 7) is 2.53. The summed E-state index contributed by atoms with van der Waals surface area (Å²) in [5.41, 5.74) is 2.07. The molecular weight excluding hydrogens is 320 g/mol. The van der Waals surface area contributed by atoms with Gasteiger partial charge in [0.1, 0.15) is 5.78 Å². The predicted molar refractivity (Wildman–Crippen MR) is 94.8 cm³/mol. The molecule has 0 aliphatic carbocycles. The minimum absolute atomic E-state index is 0.206. The number of thioether (sulfide) groups is 1. The van der Waals surface area contributed by atoms with Crippen molar-refractivity contribution < 1.29 is 4.79 Å². The number of nitrogens with zero attached hydrogens (tertiary/aromatic N) is 4. The van der Waals surface area contributed by atoms with E-state index in [9.17, 15) is 4.79 Å². The Kier molecular flexibility index (Phi) is 5.38. The fraction of sp³-hybridized carbons (Fsp3) is 0.222. The molecule has 2 aromatic heterocycles. The first-order valence-electron chi connectivity index (χ1n) is 7.80. The molecule has 0 saturated heterocycles. The summed E-state index contributed by atoms with van der Waals surface area (Å²) in [4.78, 5) is 15.8. The van der Waals surface area contributed by atoms with Crippen molar-refractivity contribution in [3.8, 4) is 11.4 Å². The smallest absolute Gasteiger partial charge is 0.192 e. The third-order valence-electron chi connectivity index (χ3n) is 3.58. The van der Waals surface area contributed by atoms with Crippen molar-refractivity contribution in [3.05, 3.63) is 60.4 Å². The molecular formula is C18H18N4OS. The van der Waals surface area contributed by atoms with E-state index in [0.29, 0.717) is 18.7 Å². The van der Waals surface area contributed by atoms with Crippen molar-refractivity contribution in [2.75, 3.05) is 5.75 Å². The van der Waals surface area contributed by atoms with Crippen LogP contribution >= 0.6 is 11.8 Å². The van der Waals surface area contributed by atoms with Crippen molar-refractivity contribution in [2.45, 2.75) is 25.0 Å². The van der Waals surface area contributed by atoms with Gasteiger partial charge in [0.25, 0.3) is 0 Å². The van der Waals surface area contributed by atoms with E-state index in [0.717, 1.165) is 22.1 Å². The van der Waals surface area contributed by atoms with E-state index in [4.69, 9.17) is 0 Å². The largest absolute Gasteiger partial charge is 0.299 e. The Morgan fingerprint density at radius 1 is 1.12 bits per heavy atom. The van der Waals surface area contributed by atoms with Crippen LogP contribution < -0.4 is 0 Å². The molecule has 3 aromatic rings. The number of hydrogen-bond donors (Lipinski definition) is 0. The first-order valence-corrected chi connectivity index (χ1v) is 8.78. The Hall–Kier alpha value is -2.47. The molecule has 0 N–H and O–H groups in total. The van der Waals surface area contributed by atoms with E-state index in [1.165, 1.54) is 11.8 Å². The second-order valence-electron chi connectivity index (χ2n) is 5.30. The van der Waals surface area contributed by atoms with Gasteiger partial charge in [-0.05, 0) is 17.7 Å². The molecule has 0 saturated carbocycles. The van der Waals surface area contributed by atoms with Crippen LogP contribution in [0.2, 0.25) is 0 Å². The Labute approximate surface area is 145 Å². The number of hydrogen-bond acceptors (Lipinski definition) is 5. The van der Waals surface area contributed by atoms with Gasteiger partial charge in [0.15, 0.2) is 11.0 Å². The SMILES string of the molecule is CCC(=O)CSc1nnc(-c2cccnc2)n1Cc1ccccc1. The minimum atomic E-state index is 0.206. The Morgan fingerprint density at radius 3 is 2.67 bits per heavy atom. The van der Waals surface area contributed by atoms with Gasteiger partial charge in [-0.3, -0.25) is 14.3 Å². The van der Waals surface area contributed by atoms with Gasteiger partial charge in [-0.2, -0.15) is 0 Å². The van der Waals surface area contributed by atoms with E-state index >= 15 is 0 Å². The molecule has 3 rings (SSSR count). The van der Waals surface area contributed by atoms with Gasteiger partial charge in [-0.15, -0.1) is 10.2 Å². The average molecular weight is 338 g/mol. The number of carbonyl (C=O) groups is 1. The molecule has 0 aliphatic rings. The number of pyridine rings is 1. The molecule has 1 aromatic carbocycles. The van der Waals surface area contributed by atoms with Crippen molar-refractivity contribution in [3.63, 3.8) is 0 Å². The summed E-state index contributed by atoms with van der Waals surface area (Å²) < 4.78 is 2.04. The minimum Gasteiger partial charge on any atom is -0.299 e. The summed E-state index contributed by atoms with van der Waals surface area (Å²) in [6.07, 6.45) is 4.05. The van der Waals surface area contributed by atoms with Crippen molar-refractivity contribution in [1.82, 2.24) is 19.7 Å². The van der Waals surface area contributed by atoms with Crippen LogP contribution in [0.15, 0.2) is 60.0 Å². The first-order chi connectivity index (χ1) is 11.8. The lowest BCUT2D eigenvalue weighted by molar-refractivity contribution is -0.116. The maximum Gasteiger partial charge on any atom is 0.192 e. The number of ketones is 1. The Morgan fingerprint density at radius 2 is 1.96 bits per heavy atom. The summed E-state index contributed by atoms with van der Waals surface area (Å²) >= 11 is 1.43. The zero-order chi connectivity index (χ0) is 16.8. The topological polar surface area (TPSA) is 60.7 Å². The van der Waals surface area contributed by atoms with E-state index in [-0.39, 0.29) is 5.78 Å². The molecule has 24 heavy (non-hydrogen) atoms. The van der Waals surface area contributed by atoms with Gasteiger partial charge in [-0.1, -0.05) is 49.0 Å². The fourth-order valence-corrected chi connectivity index (χ4v) is 3.16. The lowest BCUT2D eigenvalue weighted by Gasteiger charge is -2.10. The third-order valence-corrected chi connectivity index (χ3v) is 4.60. The second kappa shape index (κ2) is 7.88. The molecule has 5 nitrogen and oxygen atoms in total. The second-order valence-corrected chi connectivity index (χ2v) is 6.24. The fourth-order valence-electron chi connectivity index (χ4n) is 2.26. The summed E-state index contributed by atoms with van der Waals surface area (Å²) in [6, 6.07) is 14.0. The van der Waals surface area contributed by atoms with Crippen LogP contribution in [-0.4, -0.2) is 31.3 Å². The highest BCUT2D eigenvalue weighted by Gasteiger charge is 2.15. The van der Waals surface area contributed by atoms with Crippen LogP contribution in [0.1, 0.15) is 18.9 Å². The lowest BCUT2D eigenvalue weighted by Crippen LogP contribution is -2.06. The Balaban J connectivity index is 1.94. The lowest BCUT2D eigenvalue weighted by atomic mass is 10.2. The van der Waals surface area contributed by atoms with E-state index in [2.05, 4.69) is 27.3 Å². The summed E-state index contributed by atoms with van der Waals surface area (Å²) in [7, 11) is 0. The highest BCUT2D eigenvalue weighted by atomic mass is 32.2. The number of benzene rings is 1. The zero-order valence-electron chi connectivity index (χ0n) is 13.4.